The summed E-state index contributed by atoms with van der Waals surface area (Å²) in [5, 5.41) is 3.60. The molecule has 1 saturated carbocycles. The minimum atomic E-state index is 0.114. The van der Waals surface area contributed by atoms with Gasteiger partial charge < -0.3 is 5.32 Å². The van der Waals surface area contributed by atoms with Gasteiger partial charge in [-0.25, -0.2) is 0 Å². The van der Waals surface area contributed by atoms with Crippen LogP contribution in [0.15, 0.2) is 24.3 Å². The molecule has 1 fully saturated rings. The summed E-state index contributed by atoms with van der Waals surface area (Å²) < 4.78 is 0. The van der Waals surface area contributed by atoms with E-state index >= 15 is 0 Å². The minimum Gasteiger partial charge on any atom is -0.326 e. The Morgan fingerprint density at radius 1 is 1.17 bits per heavy atom. The number of rotatable bonds is 4. The number of benzene rings is 1. The van der Waals surface area contributed by atoms with E-state index in [-0.39, 0.29) is 5.91 Å². The molecule has 0 spiro atoms. The van der Waals surface area contributed by atoms with Crippen LogP contribution in [-0.2, 0) is 4.79 Å². The first-order valence-corrected chi connectivity index (χ1v) is 7.17. The molecule has 1 aromatic rings. The molecule has 98 valence electrons. The van der Waals surface area contributed by atoms with Gasteiger partial charge in [-0.05, 0) is 36.6 Å². The van der Waals surface area contributed by atoms with E-state index in [1.807, 2.05) is 12.1 Å². The first-order chi connectivity index (χ1) is 8.74. The molecule has 0 aromatic heterocycles. The zero-order valence-electron chi connectivity index (χ0n) is 10.6. The van der Waals surface area contributed by atoms with Crippen molar-refractivity contribution in [3.05, 3.63) is 29.3 Å². The van der Waals surface area contributed by atoms with E-state index < -0.39 is 0 Å². The molecule has 1 aliphatic carbocycles. The van der Waals surface area contributed by atoms with E-state index in [2.05, 4.69) is 5.32 Å². The average molecular weight is 266 g/mol. The van der Waals surface area contributed by atoms with Gasteiger partial charge >= 0.3 is 0 Å². The molecule has 0 unspecified atom stereocenters. The predicted molar refractivity (Wildman–Crippen MR) is 75.9 cm³/mol. The highest BCUT2D eigenvalue weighted by Crippen LogP contribution is 2.27. The van der Waals surface area contributed by atoms with Crippen molar-refractivity contribution in [3.8, 4) is 0 Å². The fourth-order valence-electron chi connectivity index (χ4n) is 2.57. The van der Waals surface area contributed by atoms with Crippen LogP contribution < -0.4 is 5.32 Å². The average Bonchev–Trinajstić information content (AvgIpc) is 2.40. The highest BCUT2D eigenvalue weighted by Gasteiger charge is 2.14. The molecule has 2 rings (SSSR count). The van der Waals surface area contributed by atoms with Crippen LogP contribution in [0.4, 0.5) is 5.69 Å². The van der Waals surface area contributed by atoms with E-state index in [1.165, 1.54) is 32.1 Å². The van der Waals surface area contributed by atoms with Gasteiger partial charge in [0.25, 0.3) is 0 Å². The third-order valence-corrected chi connectivity index (χ3v) is 3.88. The maximum atomic E-state index is 11.8. The van der Waals surface area contributed by atoms with Gasteiger partial charge in [-0.2, -0.15) is 0 Å². The molecule has 3 heteroatoms. The van der Waals surface area contributed by atoms with Crippen LogP contribution in [0.2, 0.25) is 5.02 Å². The number of carbonyl (C=O) groups excluding carboxylic acids is 1. The third-order valence-electron chi connectivity index (χ3n) is 3.63. The molecule has 0 atom stereocenters. The first kappa shape index (κ1) is 13.4. The quantitative estimate of drug-likeness (QED) is 0.844. The molecule has 0 radical (unpaired) electrons. The summed E-state index contributed by atoms with van der Waals surface area (Å²) in [5.74, 6) is 0.873. The number of hydrogen-bond acceptors (Lipinski definition) is 1. The Morgan fingerprint density at radius 2 is 1.83 bits per heavy atom. The van der Waals surface area contributed by atoms with Gasteiger partial charge in [0.05, 0.1) is 0 Å². The molecule has 1 aliphatic rings. The lowest BCUT2D eigenvalue weighted by Crippen LogP contribution is -2.14. The Balaban J connectivity index is 1.73. The van der Waals surface area contributed by atoms with Gasteiger partial charge in [-0.15, -0.1) is 0 Å². The first-order valence-electron chi connectivity index (χ1n) is 6.79. The second kappa shape index (κ2) is 6.79. The number of carbonyl (C=O) groups is 1. The summed E-state index contributed by atoms with van der Waals surface area (Å²) in [7, 11) is 0. The molecular formula is C15H20ClNO. The predicted octanol–water partition coefficient (Wildman–Crippen LogP) is 4.64. The molecule has 18 heavy (non-hydrogen) atoms. The van der Waals surface area contributed by atoms with Crippen LogP contribution in [0.3, 0.4) is 0 Å². The Bertz CT molecular complexity index is 382. The van der Waals surface area contributed by atoms with Crippen LogP contribution in [-0.4, -0.2) is 5.91 Å². The molecule has 1 aromatic carbocycles. The molecule has 0 heterocycles. The Kier molecular flexibility index (Phi) is 5.06. The van der Waals surface area contributed by atoms with Crippen LogP contribution in [0.25, 0.3) is 0 Å². The second-order valence-corrected chi connectivity index (χ2v) is 5.53. The van der Waals surface area contributed by atoms with Crippen molar-refractivity contribution in [2.24, 2.45) is 5.92 Å². The fourth-order valence-corrected chi connectivity index (χ4v) is 2.69. The van der Waals surface area contributed by atoms with Crippen molar-refractivity contribution in [1.82, 2.24) is 0 Å². The zero-order chi connectivity index (χ0) is 12.8. The summed E-state index contributed by atoms with van der Waals surface area (Å²) >= 11 is 5.80. The van der Waals surface area contributed by atoms with Crippen LogP contribution in [0, 0.1) is 5.92 Å². The lowest BCUT2D eigenvalue weighted by atomic mass is 9.86. The largest absolute Gasteiger partial charge is 0.326 e. The molecule has 0 aliphatic heterocycles. The summed E-state index contributed by atoms with van der Waals surface area (Å²) in [6, 6.07) is 7.25. The van der Waals surface area contributed by atoms with Gasteiger partial charge in [-0.3, -0.25) is 4.79 Å². The number of hydrogen-bond donors (Lipinski definition) is 1. The SMILES string of the molecule is O=C(CCC1CCCCC1)Nc1ccc(Cl)cc1. The van der Waals surface area contributed by atoms with E-state index in [1.54, 1.807) is 12.1 Å². The summed E-state index contributed by atoms with van der Waals surface area (Å²) in [6.45, 7) is 0. The van der Waals surface area contributed by atoms with Crippen molar-refractivity contribution in [3.63, 3.8) is 0 Å². The van der Waals surface area contributed by atoms with Crippen molar-refractivity contribution in [2.75, 3.05) is 5.32 Å². The van der Waals surface area contributed by atoms with Crippen molar-refractivity contribution in [1.29, 1.82) is 0 Å². The van der Waals surface area contributed by atoms with Crippen molar-refractivity contribution < 1.29 is 4.79 Å². The zero-order valence-corrected chi connectivity index (χ0v) is 11.4. The minimum absolute atomic E-state index is 0.114. The monoisotopic (exact) mass is 265 g/mol. The molecule has 0 saturated heterocycles. The van der Waals surface area contributed by atoms with Gasteiger partial charge in [0.15, 0.2) is 0 Å². The smallest absolute Gasteiger partial charge is 0.224 e. The summed E-state index contributed by atoms with van der Waals surface area (Å²) in [6.07, 6.45) is 8.30. The van der Waals surface area contributed by atoms with Crippen LogP contribution in [0.5, 0.6) is 0 Å². The molecule has 2 nitrogen and oxygen atoms in total. The summed E-state index contributed by atoms with van der Waals surface area (Å²) in [4.78, 5) is 11.8. The lowest BCUT2D eigenvalue weighted by Gasteiger charge is -2.20. The topological polar surface area (TPSA) is 29.1 Å². The number of amides is 1. The molecule has 1 amide bonds. The van der Waals surface area contributed by atoms with Crippen molar-refractivity contribution in [2.45, 2.75) is 44.9 Å². The standard InChI is InChI=1S/C15H20ClNO/c16-13-7-9-14(10-8-13)17-15(18)11-6-12-4-2-1-3-5-12/h7-10,12H,1-6,11H2,(H,17,18). The van der Waals surface area contributed by atoms with Gasteiger partial charge in [-0.1, -0.05) is 43.7 Å². The molecule has 1 N–H and O–H groups in total. The highest BCUT2D eigenvalue weighted by molar-refractivity contribution is 6.30. The van der Waals surface area contributed by atoms with Gasteiger partial charge in [0.2, 0.25) is 5.91 Å². The van der Waals surface area contributed by atoms with Crippen LogP contribution in [0.1, 0.15) is 44.9 Å². The Hall–Kier alpha value is -1.02. The normalized spacial score (nSPS) is 16.5. The Labute approximate surface area is 114 Å². The Morgan fingerprint density at radius 3 is 2.50 bits per heavy atom. The van der Waals surface area contributed by atoms with Gasteiger partial charge in [0, 0.05) is 17.1 Å². The number of anilines is 1. The maximum absolute atomic E-state index is 11.8. The van der Waals surface area contributed by atoms with E-state index in [0.29, 0.717) is 11.4 Å². The van der Waals surface area contributed by atoms with E-state index in [9.17, 15) is 4.79 Å². The summed E-state index contributed by atoms with van der Waals surface area (Å²) in [5.41, 5.74) is 0.827. The van der Waals surface area contributed by atoms with E-state index in [0.717, 1.165) is 18.0 Å². The molecule has 0 bridgehead atoms. The highest BCUT2D eigenvalue weighted by atomic mass is 35.5. The number of halogens is 1. The fraction of sp³-hybridized carbons (Fsp3) is 0.533. The van der Waals surface area contributed by atoms with E-state index in [4.69, 9.17) is 11.6 Å². The lowest BCUT2D eigenvalue weighted by molar-refractivity contribution is -0.116. The number of nitrogens with one attached hydrogen (secondary N) is 1. The third kappa shape index (κ3) is 4.34. The van der Waals surface area contributed by atoms with Crippen molar-refractivity contribution >= 4 is 23.2 Å². The molecular weight excluding hydrogens is 246 g/mol. The van der Waals surface area contributed by atoms with Crippen LogP contribution >= 0.6 is 11.6 Å². The maximum Gasteiger partial charge on any atom is 0.224 e. The van der Waals surface area contributed by atoms with Gasteiger partial charge in [0.1, 0.15) is 0 Å². The second-order valence-electron chi connectivity index (χ2n) is 5.10.